The van der Waals surface area contributed by atoms with Gasteiger partial charge in [-0.1, -0.05) is 12.1 Å². The first-order valence-corrected chi connectivity index (χ1v) is 9.70. The lowest BCUT2D eigenvalue weighted by molar-refractivity contribution is 0.0638. The molecule has 1 aliphatic heterocycles. The number of imide groups is 1. The van der Waals surface area contributed by atoms with E-state index in [2.05, 4.69) is 10.6 Å². The van der Waals surface area contributed by atoms with Crippen molar-refractivity contribution in [3.63, 3.8) is 0 Å². The Bertz CT molecular complexity index is 927. The summed E-state index contributed by atoms with van der Waals surface area (Å²) in [6.07, 6.45) is 1.24. The van der Waals surface area contributed by atoms with E-state index in [-0.39, 0.29) is 17.8 Å². The molecule has 0 aromatic heterocycles. The first-order chi connectivity index (χ1) is 14.5. The zero-order valence-corrected chi connectivity index (χ0v) is 17.1. The number of carbonyl (C=O) groups is 3. The highest BCUT2D eigenvalue weighted by Crippen LogP contribution is 2.26. The maximum atomic E-state index is 12.5. The summed E-state index contributed by atoms with van der Waals surface area (Å²) >= 11 is 0. The first kappa shape index (κ1) is 21.3. The molecule has 2 aromatic carbocycles. The fraction of sp³-hybridized carbons (Fsp3) is 0.318. The molecule has 8 nitrogen and oxygen atoms in total. The predicted molar refractivity (Wildman–Crippen MR) is 112 cm³/mol. The standard InChI is InChI=1S/C22H25N3O5/c1-29-13-3-12-25-20(26)18-9-6-16(14-19(18)21(25)27)24-22(28)23-11-10-15-4-7-17(30-2)8-5-15/h4-9,14H,3,10-13H2,1-2H3,(H2,23,24,28). The zero-order valence-electron chi connectivity index (χ0n) is 17.1. The van der Waals surface area contributed by atoms with E-state index < -0.39 is 0 Å². The van der Waals surface area contributed by atoms with Gasteiger partial charge in [0, 0.05) is 32.5 Å². The second kappa shape index (κ2) is 9.89. The zero-order chi connectivity index (χ0) is 21.5. The second-order valence-electron chi connectivity index (χ2n) is 6.85. The third-order valence-electron chi connectivity index (χ3n) is 4.82. The first-order valence-electron chi connectivity index (χ1n) is 9.70. The average Bonchev–Trinajstić information content (AvgIpc) is 2.99. The number of amides is 4. The van der Waals surface area contributed by atoms with E-state index >= 15 is 0 Å². The van der Waals surface area contributed by atoms with Crippen LogP contribution in [0.5, 0.6) is 5.75 Å². The Morgan fingerprint density at radius 3 is 2.43 bits per heavy atom. The SMILES string of the molecule is COCCCN1C(=O)c2ccc(NC(=O)NCCc3ccc(OC)cc3)cc2C1=O. The quantitative estimate of drug-likeness (QED) is 0.489. The molecule has 0 saturated carbocycles. The Morgan fingerprint density at radius 1 is 1.00 bits per heavy atom. The van der Waals surface area contributed by atoms with Crippen LogP contribution in [-0.4, -0.2) is 56.7 Å². The van der Waals surface area contributed by atoms with Gasteiger partial charge in [-0.2, -0.15) is 0 Å². The lowest BCUT2D eigenvalue weighted by atomic mass is 10.1. The summed E-state index contributed by atoms with van der Waals surface area (Å²) in [5, 5.41) is 5.49. The van der Waals surface area contributed by atoms with E-state index in [1.165, 1.54) is 11.0 Å². The number of hydrogen-bond donors (Lipinski definition) is 2. The molecule has 0 aliphatic carbocycles. The number of nitrogens with zero attached hydrogens (tertiary/aromatic N) is 1. The number of benzene rings is 2. The molecular weight excluding hydrogens is 386 g/mol. The summed E-state index contributed by atoms with van der Waals surface area (Å²) in [4.78, 5) is 38.3. The molecule has 30 heavy (non-hydrogen) atoms. The van der Waals surface area contributed by atoms with Crippen molar-refractivity contribution in [1.29, 1.82) is 0 Å². The van der Waals surface area contributed by atoms with Crippen LogP contribution in [0.15, 0.2) is 42.5 Å². The van der Waals surface area contributed by atoms with Gasteiger partial charge in [0.05, 0.1) is 18.2 Å². The number of methoxy groups -OCH3 is 2. The van der Waals surface area contributed by atoms with Crippen molar-refractivity contribution in [3.8, 4) is 5.75 Å². The van der Waals surface area contributed by atoms with E-state index in [4.69, 9.17) is 9.47 Å². The number of hydrogen-bond acceptors (Lipinski definition) is 5. The van der Waals surface area contributed by atoms with E-state index in [1.807, 2.05) is 24.3 Å². The normalized spacial score (nSPS) is 12.7. The number of rotatable bonds is 9. The molecule has 0 unspecified atom stereocenters. The summed E-state index contributed by atoms with van der Waals surface area (Å²) in [6, 6.07) is 12.0. The van der Waals surface area contributed by atoms with Crippen molar-refractivity contribution in [3.05, 3.63) is 59.2 Å². The number of fused-ring (bicyclic) bond motifs is 1. The number of anilines is 1. The number of ether oxygens (including phenoxy) is 2. The number of carbonyl (C=O) groups excluding carboxylic acids is 3. The third kappa shape index (κ3) is 4.96. The molecule has 0 spiro atoms. The average molecular weight is 411 g/mol. The van der Waals surface area contributed by atoms with Gasteiger partial charge in [0.15, 0.2) is 0 Å². The van der Waals surface area contributed by atoms with Crippen molar-refractivity contribution >= 4 is 23.5 Å². The van der Waals surface area contributed by atoms with E-state index in [9.17, 15) is 14.4 Å². The van der Waals surface area contributed by atoms with Crippen LogP contribution < -0.4 is 15.4 Å². The van der Waals surface area contributed by atoms with E-state index in [0.29, 0.717) is 49.4 Å². The van der Waals surface area contributed by atoms with Gasteiger partial charge in [-0.25, -0.2) is 4.79 Å². The molecule has 0 saturated heterocycles. The lowest BCUT2D eigenvalue weighted by Crippen LogP contribution is -2.31. The minimum atomic E-state index is -0.378. The minimum Gasteiger partial charge on any atom is -0.497 e. The van der Waals surface area contributed by atoms with Crippen molar-refractivity contribution in [1.82, 2.24) is 10.2 Å². The Morgan fingerprint density at radius 2 is 1.73 bits per heavy atom. The summed E-state index contributed by atoms with van der Waals surface area (Å²) in [6.45, 7) is 1.22. The van der Waals surface area contributed by atoms with Gasteiger partial charge in [-0.3, -0.25) is 14.5 Å². The molecule has 2 N–H and O–H groups in total. The summed E-state index contributed by atoms with van der Waals surface area (Å²) in [7, 11) is 3.19. The molecule has 0 fully saturated rings. The Balaban J connectivity index is 1.53. The topological polar surface area (TPSA) is 97.0 Å². The van der Waals surface area contributed by atoms with E-state index in [1.54, 1.807) is 26.4 Å². The van der Waals surface area contributed by atoms with Crippen LogP contribution in [0.3, 0.4) is 0 Å². The highest BCUT2D eigenvalue weighted by Gasteiger charge is 2.35. The van der Waals surface area contributed by atoms with Gasteiger partial charge in [0.1, 0.15) is 5.75 Å². The molecule has 0 radical (unpaired) electrons. The van der Waals surface area contributed by atoms with Gasteiger partial charge in [0.2, 0.25) is 0 Å². The van der Waals surface area contributed by atoms with Gasteiger partial charge in [-0.05, 0) is 48.7 Å². The van der Waals surface area contributed by atoms with Crippen molar-refractivity contribution in [2.75, 3.05) is 39.2 Å². The maximum absolute atomic E-state index is 12.5. The molecule has 1 heterocycles. The van der Waals surface area contributed by atoms with Crippen LogP contribution in [0, 0.1) is 0 Å². The lowest BCUT2D eigenvalue weighted by Gasteiger charge is -2.12. The van der Waals surface area contributed by atoms with Gasteiger partial charge in [-0.15, -0.1) is 0 Å². The summed E-state index contributed by atoms with van der Waals surface area (Å²) < 4.78 is 10.1. The monoisotopic (exact) mass is 411 g/mol. The highest BCUT2D eigenvalue weighted by molar-refractivity contribution is 6.21. The van der Waals surface area contributed by atoms with Crippen molar-refractivity contribution in [2.24, 2.45) is 0 Å². The van der Waals surface area contributed by atoms with Crippen molar-refractivity contribution in [2.45, 2.75) is 12.8 Å². The van der Waals surface area contributed by atoms with E-state index in [0.717, 1.165) is 11.3 Å². The molecule has 4 amide bonds. The molecule has 0 atom stereocenters. The van der Waals surface area contributed by atoms with Gasteiger partial charge in [0.25, 0.3) is 11.8 Å². The van der Waals surface area contributed by atoms with Crippen LogP contribution >= 0.6 is 0 Å². The molecular formula is C22H25N3O5. The highest BCUT2D eigenvalue weighted by atomic mass is 16.5. The second-order valence-corrected chi connectivity index (χ2v) is 6.85. The smallest absolute Gasteiger partial charge is 0.319 e. The summed E-state index contributed by atoms with van der Waals surface area (Å²) in [5.41, 5.74) is 2.18. The van der Waals surface area contributed by atoms with Crippen LogP contribution in [0.25, 0.3) is 0 Å². The fourth-order valence-electron chi connectivity index (χ4n) is 3.23. The molecule has 2 aromatic rings. The Labute approximate surface area is 175 Å². The van der Waals surface area contributed by atoms with Crippen LogP contribution in [0.2, 0.25) is 0 Å². The Hall–Kier alpha value is -3.39. The molecule has 158 valence electrons. The van der Waals surface area contributed by atoms with Gasteiger partial charge >= 0.3 is 6.03 Å². The van der Waals surface area contributed by atoms with Gasteiger partial charge < -0.3 is 20.1 Å². The minimum absolute atomic E-state index is 0.299. The van der Waals surface area contributed by atoms with Crippen LogP contribution in [0.4, 0.5) is 10.5 Å². The summed E-state index contributed by atoms with van der Waals surface area (Å²) in [5.74, 6) is 0.114. The Kier molecular flexibility index (Phi) is 7.03. The maximum Gasteiger partial charge on any atom is 0.319 e. The van der Waals surface area contributed by atoms with Crippen LogP contribution in [0.1, 0.15) is 32.7 Å². The fourth-order valence-corrected chi connectivity index (χ4v) is 3.23. The molecule has 3 rings (SSSR count). The van der Waals surface area contributed by atoms with Crippen LogP contribution in [-0.2, 0) is 11.2 Å². The largest absolute Gasteiger partial charge is 0.497 e. The molecule has 1 aliphatic rings. The predicted octanol–water partition coefficient (Wildman–Crippen LogP) is 2.69. The van der Waals surface area contributed by atoms with Crippen molar-refractivity contribution < 1.29 is 23.9 Å². The molecule has 0 bridgehead atoms. The number of urea groups is 1. The molecule has 8 heteroatoms. The number of nitrogens with one attached hydrogen (secondary N) is 2. The third-order valence-corrected chi connectivity index (χ3v) is 4.82.